The number of nitrogens with one attached hydrogen (secondary N) is 2. The van der Waals surface area contributed by atoms with Gasteiger partial charge in [0.05, 0.1) is 29.4 Å². The third kappa shape index (κ3) is 6.12. The zero-order valence-corrected chi connectivity index (χ0v) is 17.3. The van der Waals surface area contributed by atoms with E-state index in [1.54, 1.807) is 18.2 Å². The van der Waals surface area contributed by atoms with Gasteiger partial charge in [0, 0.05) is 0 Å². The van der Waals surface area contributed by atoms with Crippen molar-refractivity contribution in [1.29, 1.82) is 0 Å². The van der Waals surface area contributed by atoms with Gasteiger partial charge in [-0.25, -0.2) is 4.79 Å². The molecule has 2 rings (SSSR count). The average molecular weight is 407 g/mol. The lowest BCUT2D eigenvalue weighted by atomic mass is 10.1. The van der Waals surface area contributed by atoms with Crippen LogP contribution in [0.3, 0.4) is 0 Å². The summed E-state index contributed by atoms with van der Waals surface area (Å²) in [5.41, 5.74) is 3.33. The third-order valence-corrected chi connectivity index (χ3v) is 4.54. The molecular formula is C20H23ClN2O3S. The summed E-state index contributed by atoms with van der Waals surface area (Å²) in [4.78, 5) is 11.6. The summed E-state index contributed by atoms with van der Waals surface area (Å²) in [5, 5.41) is 6.97. The molecule has 1 atom stereocenters. The molecular weight excluding hydrogens is 384 g/mol. The van der Waals surface area contributed by atoms with Crippen LogP contribution < -0.4 is 15.4 Å². The Kier molecular flexibility index (Phi) is 7.45. The van der Waals surface area contributed by atoms with E-state index in [1.165, 1.54) is 18.2 Å². The van der Waals surface area contributed by atoms with Gasteiger partial charge in [-0.15, -0.1) is 0 Å². The van der Waals surface area contributed by atoms with Crippen LogP contribution in [0.25, 0.3) is 0 Å². The molecule has 0 saturated heterocycles. The molecule has 0 heterocycles. The van der Waals surface area contributed by atoms with Gasteiger partial charge in [0.2, 0.25) is 0 Å². The maximum atomic E-state index is 11.6. The normalized spacial score (nSPS) is 11.4. The van der Waals surface area contributed by atoms with Gasteiger partial charge in [0.15, 0.2) is 5.11 Å². The Hall–Kier alpha value is -2.31. The fraction of sp³-hybridized carbons (Fsp3) is 0.300. The largest absolute Gasteiger partial charge is 0.491 e. The SMILES string of the molecule is COC(=O)c1ccc(Cl)c(NC(=S)NC(C)COc2ccc(C)c(C)c2)c1. The van der Waals surface area contributed by atoms with E-state index in [0.29, 0.717) is 28.0 Å². The number of methoxy groups -OCH3 is 1. The van der Waals surface area contributed by atoms with E-state index >= 15 is 0 Å². The summed E-state index contributed by atoms with van der Waals surface area (Å²) < 4.78 is 10.5. The Morgan fingerprint density at radius 2 is 1.93 bits per heavy atom. The van der Waals surface area contributed by atoms with Crippen molar-refractivity contribution >= 4 is 40.6 Å². The highest BCUT2D eigenvalue weighted by Gasteiger charge is 2.11. The molecule has 0 aliphatic heterocycles. The molecule has 27 heavy (non-hydrogen) atoms. The molecule has 7 heteroatoms. The fourth-order valence-corrected chi connectivity index (χ4v) is 2.79. The Bertz CT molecular complexity index is 842. The number of aryl methyl sites for hydroxylation is 2. The lowest BCUT2D eigenvalue weighted by molar-refractivity contribution is 0.0601. The van der Waals surface area contributed by atoms with E-state index in [-0.39, 0.29) is 6.04 Å². The Morgan fingerprint density at radius 3 is 2.59 bits per heavy atom. The monoisotopic (exact) mass is 406 g/mol. The number of esters is 1. The molecule has 0 aliphatic carbocycles. The van der Waals surface area contributed by atoms with Crippen LogP contribution in [-0.2, 0) is 4.74 Å². The number of anilines is 1. The van der Waals surface area contributed by atoms with Gasteiger partial charge in [0.1, 0.15) is 12.4 Å². The molecule has 144 valence electrons. The number of carbonyl (C=O) groups excluding carboxylic acids is 1. The van der Waals surface area contributed by atoms with Crippen molar-refractivity contribution in [2.75, 3.05) is 19.0 Å². The summed E-state index contributed by atoms with van der Waals surface area (Å²) in [6, 6.07) is 10.8. The van der Waals surface area contributed by atoms with Gasteiger partial charge in [-0.3, -0.25) is 0 Å². The second kappa shape index (κ2) is 9.58. The van der Waals surface area contributed by atoms with Crippen molar-refractivity contribution in [3.05, 3.63) is 58.1 Å². The summed E-state index contributed by atoms with van der Waals surface area (Å²) in [7, 11) is 1.33. The smallest absolute Gasteiger partial charge is 0.337 e. The summed E-state index contributed by atoms with van der Waals surface area (Å²) in [6.45, 7) is 6.52. The van der Waals surface area contributed by atoms with Crippen LogP contribution in [0.2, 0.25) is 5.02 Å². The summed E-state index contributed by atoms with van der Waals surface area (Å²) in [5.74, 6) is 0.378. The van der Waals surface area contributed by atoms with E-state index in [0.717, 1.165) is 5.75 Å². The summed E-state index contributed by atoms with van der Waals surface area (Å²) >= 11 is 11.5. The van der Waals surface area contributed by atoms with Crippen LogP contribution in [0.4, 0.5) is 5.69 Å². The number of ether oxygens (including phenoxy) is 2. The topological polar surface area (TPSA) is 59.6 Å². The fourth-order valence-electron chi connectivity index (χ4n) is 2.31. The first kappa shape index (κ1) is 21.0. The minimum Gasteiger partial charge on any atom is -0.491 e. The predicted molar refractivity (Wildman–Crippen MR) is 113 cm³/mol. The molecule has 0 bridgehead atoms. The zero-order chi connectivity index (χ0) is 20.0. The Morgan fingerprint density at radius 1 is 1.19 bits per heavy atom. The van der Waals surface area contributed by atoms with Crippen LogP contribution in [0.15, 0.2) is 36.4 Å². The van der Waals surface area contributed by atoms with Crippen LogP contribution in [0.5, 0.6) is 5.75 Å². The van der Waals surface area contributed by atoms with Crippen molar-refractivity contribution in [1.82, 2.24) is 5.32 Å². The highest BCUT2D eigenvalue weighted by atomic mass is 35.5. The number of carbonyl (C=O) groups is 1. The summed E-state index contributed by atoms with van der Waals surface area (Å²) in [6.07, 6.45) is 0. The first-order chi connectivity index (χ1) is 12.8. The number of benzene rings is 2. The van der Waals surface area contributed by atoms with E-state index < -0.39 is 5.97 Å². The molecule has 2 aromatic carbocycles. The maximum absolute atomic E-state index is 11.6. The number of hydrogen-bond donors (Lipinski definition) is 2. The van der Waals surface area contributed by atoms with Crippen molar-refractivity contribution in [3.63, 3.8) is 0 Å². The van der Waals surface area contributed by atoms with E-state index in [9.17, 15) is 4.79 Å². The molecule has 0 spiro atoms. The molecule has 2 N–H and O–H groups in total. The van der Waals surface area contributed by atoms with E-state index in [1.807, 2.05) is 25.1 Å². The second-order valence-electron chi connectivity index (χ2n) is 6.24. The average Bonchev–Trinajstić information content (AvgIpc) is 2.63. The molecule has 5 nitrogen and oxygen atoms in total. The predicted octanol–water partition coefficient (Wildman–Crippen LogP) is 4.50. The first-order valence-electron chi connectivity index (χ1n) is 8.45. The van der Waals surface area contributed by atoms with Crippen molar-refractivity contribution < 1.29 is 14.3 Å². The number of halogens is 1. The lowest BCUT2D eigenvalue weighted by Crippen LogP contribution is -2.39. The minimum absolute atomic E-state index is 0.0332. The van der Waals surface area contributed by atoms with Gasteiger partial charge in [-0.2, -0.15) is 0 Å². The number of rotatable bonds is 6. The standard InChI is InChI=1S/C20H23ClN2O3S/c1-12-5-7-16(9-13(12)2)26-11-14(3)22-20(27)23-18-10-15(19(24)25-4)6-8-17(18)21/h5-10,14H,11H2,1-4H3,(H2,22,23,27). The molecule has 0 radical (unpaired) electrons. The third-order valence-electron chi connectivity index (χ3n) is 3.99. The number of hydrogen-bond acceptors (Lipinski definition) is 4. The quantitative estimate of drug-likeness (QED) is 0.544. The molecule has 0 saturated carbocycles. The van der Waals surface area contributed by atoms with E-state index in [2.05, 4.69) is 24.5 Å². The highest BCUT2D eigenvalue weighted by Crippen LogP contribution is 2.23. The van der Waals surface area contributed by atoms with Crippen LogP contribution >= 0.6 is 23.8 Å². The lowest BCUT2D eigenvalue weighted by Gasteiger charge is -2.18. The maximum Gasteiger partial charge on any atom is 0.337 e. The van der Waals surface area contributed by atoms with Crippen molar-refractivity contribution in [2.24, 2.45) is 0 Å². The number of thiocarbonyl (C=S) groups is 1. The van der Waals surface area contributed by atoms with Gasteiger partial charge < -0.3 is 20.1 Å². The van der Waals surface area contributed by atoms with Gasteiger partial charge in [-0.05, 0) is 74.4 Å². The molecule has 1 unspecified atom stereocenters. The van der Waals surface area contributed by atoms with Crippen molar-refractivity contribution in [2.45, 2.75) is 26.8 Å². The zero-order valence-electron chi connectivity index (χ0n) is 15.8. The molecule has 0 aromatic heterocycles. The van der Waals surface area contributed by atoms with Gasteiger partial charge >= 0.3 is 5.97 Å². The van der Waals surface area contributed by atoms with E-state index in [4.69, 9.17) is 33.3 Å². The molecule has 0 amide bonds. The van der Waals surface area contributed by atoms with Crippen LogP contribution in [-0.4, -0.2) is 30.8 Å². The van der Waals surface area contributed by atoms with Gasteiger partial charge in [0.25, 0.3) is 0 Å². The first-order valence-corrected chi connectivity index (χ1v) is 9.24. The Balaban J connectivity index is 1.91. The molecule has 0 aliphatic rings. The van der Waals surface area contributed by atoms with Crippen molar-refractivity contribution in [3.8, 4) is 5.75 Å². The van der Waals surface area contributed by atoms with Crippen LogP contribution in [0.1, 0.15) is 28.4 Å². The highest BCUT2D eigenvalue weighted by molar-refractivity contribution is 7.80. The van der Waals surface area contributed by atoms with Gasteiger partial charge in [-0.1, -0.05) is 17.7 Å². The molecule has 2 aromatic rings. The van der Waals surface area contributed by atoms with Crippen LogP contribution in [0, 0.1) is 13.8 Å². The second-order valence-corrected chi connectivity index (χ2v) is 7.06. The Labute approximate surface area is 170 Å². The minimum atomic E-state index is -0.441. The molecule has 0 fully saturated rings.